The largest absolute Gasteiger partial charge is 0.319 e. The minimum atomic E-state index is 0.210. The molecule has 1 unspecified atom stereocenters. The van der Waals surface area contributed by atoms with E-state index in [9.17, 15) is 4.79 Å². The van der Waals surface area contributed by atoms with E-state index in [1.165, 1.54) is 57.1 Å². The molecule has 3 fully saturated rings. The van der Waals surface area contributed by atoms with Gasteiger partial charge in [0.25, 0.3) is 0 Å². The van der Waals surface area contributed by atoms with E-state index in [0.717, 1.165) is 48.3 Å². The number of piperidine rings is 1. The molecule has 2 nitrogen and oxygen atoms in total. The molecule has 0 spiro atoms. The average molecular weight is 428 g/mol. The molecule has 4 aliphatic rings. The first kappa shape index (κ1) is 23.4. The Morgan fingerprint density at radius 2 is 1.81 bits per heavy atom. The fourth-order valence-corrected chi connectivity index (χ4v) is 9.12. The molecule has 0 N–H and O–H groups in total. The second-order valence-corrected chi connectivity index (χ2v) is 12.8. The number of amides is 1. The van der Waals surface area contributed by atoms with Gasteiger partial charge in [0.05, 0.1) is 0 Å². The van der Waals surface area contributed by atoms with E-state index in [1.54, 1.807) is 0 Å². The van der Waals surface area contributed by atoms with Gasteiger partial charge in [0.15, 0.2) is 0 Å². The van der Waals surface area contributed by atoms with Crippen molar-refractivity contribution in [2.45, 2.75) is 106 Å². The summed E-state index contributed by atoms with van der Waals surface area (Å²) in [5.74, 6) is 6.07. The third-order valence-electron chi connectivity index (χ3n) is 10.9. The van der Waals surface area contributed by atoms with Crippen molar-refractivity contribution in [2.24, 2.45) is 52.3 Å². The number of carbonyl (C=O) groups excluding carboxylic acids is 1. The second-order valence-electron chi connectivity index (χ2n) is 12.8. The van der Waals surface area contributed by atoms with Crippen molar-refractivity contribution in [3.05, 3.63) is 11.8 Å². The Kier molecular flexibility index (Phi) is 6.43. The van der Waals surface area contributed by atoms with Gasteiger partial charge in [-0.1, -0.05) is 66.9 Å². The van der Waals surface area contributed by atoms with Crippen LogP contribution in [0, 0.1) is 52.3 Å². The molecular formula is C29H49NO. The Bertz CT molecular complexity index is 710. The molecule has 0 radical (unpaired) electrons. The van der Waals surface area contributed by atoms with Crippen LogP contribution in [-0.2, 0) is 4.79 Å². The van der Waals surface area contributed by atoms with Crippen molar-refractivity contribution in [3.8, 4) is 0 Å². The van der Waals surface area contributed by atoms with Gasteiger partial charge in [0, 0.05) is 24.6 Å². The van der Waals surface area contributed by atoms with Crippen LogP contribution in [0.25, 0.3) is 0 Å². The third kappa shape index (κ3) is 3.72. The lowest BCUT2D eigenvalue weighted by atomic mass is 9.46. The highest BCUT2D eigenvalue weighted by Gasteiger charge is 2.61. The summed E-state index contributed by atoms with van der Waals surface area (Å²) in [5.41, 5.74) is 2.11. The van der Waals surface area contributed by atoms with E-state index in [4.69, 9.17) is 0 Å². The lowest BCUT2D eigenvalue weighted by Gasteiger charge is -2.60. The van der Waals surface area contributed by atoms with Gasteiger partial charge in [-0.25, -0.2) is 0 Å². The molecule has 2 heteroatoms. The predicted octanol–water partition coefficient (Wildman–Crippen LogP) is 7.69. The first-order chi connectivity index (χ1) is 14.6. The summed E-state index contributed by atoms with van der Waals surface area (Å²) in [6.45, 7) is 14.9. The molecule has 0 aromatic rings. The first-order valence-corrected chi connectivity index (χ1v) is 13.6. The van der Waals surface area contributed by atoms with Crippen LogP contribution in [0.15, 0.2) is 11.8 Å². The highest BCUT2D eigenvalue weighted by Crippen LogP contribution is 2.68. The number of carbonyl (C=O) groups is 1. The summed E-state index contributed by atoms with van der Waals surface area (Å²) in [6, 6.07) is 0. The van der Waals surface area contributed by atoms with E-state index < -0.39 is 0 Å². The lowest BCUT2D eigenvalue weighted by molar-refractivity contribution is -0.137. The Morgan fingerprint density at radius 3 is 2.48 bits per heavy atom. The van der Waals surface area contributed by atoms with Crippen LogP contribution in [-0.4, -0.2) is 17.9 Å². The highest BCUT2D eigenvalue weighted by molar-refractivity contribution is 5.79. The molecule has 31 heavy (non-hydrogen) atoms. The Hall–Kier alpha value is -0.790. The fourth-order valence-electron chi connectivity index (χ4n) is 9.12. The van der Waals surface area contributed by atoms with Gasteiger partial charge in [-0.2, -0.15) is 0 Å². The van der Waals surface area contributed by atoms with Crippen molar-refractivity contribution in [1.82, 2.24) is 4.90 Å². The van der Waals surface area contributed by atoms with Crippen molar-refractivity contribution >= 4 is 5.91 Å². The first-order valence-electron chi connectivity index (χ1n) is 13.6. The Labute approximate surface area is 192 Å². The lowest BCUT2D eigenvalue weighted by Crippen LogP contribution is -2.56. The van der Waals surface area contributed by atoms with E-state index >= 15 is 0 Å². The van der Waals surface area contributed by atoms with Crippen LogP contribution in [0.2, 0.25) is 0 Å². The summed E-state index contributed by atoms with van der Waals surface area (Å²) in [7, 11) is 2.04. The highest BCUT2D eigenvalue weighted by atomic mass is 16.2. The van der Waals surface area contributed by atoms with Crippen LogP contribution < -0.4 is 0 Å². The molecule has 0 aromatic heterocycles. The second kappa shape index (κ2) is 8.53. The van der Waals surface area contributed by atoms with Crippen LogP contribution in [0.3, 0.4) is 0 Å². The summed E-state index contributed by atoms with van der Waals surface area (Å²) >= 11 is 0. The molecule has 3 aliphatic carbocycles. The summed E-state index contributed by atoms with van der Waals surface area (Å²) in [5, 5.41) is 0. The topological polar surface area (TPSA) is 20.3 Å². The zero-order valence-electron chi connectivity index (χ0n) is 21.5. The molecule has 1 heterocycles. The number of hydrogen-bond donors (Lipinski definition) is 0. The van der Waals surface area contributed by atoms with Crippen molar-refractivity contribution < 1.29 is 4.79 Å². The summed E-state index contributed by atoms with van der Waals surface area (Å²) in [4.78, 5) is 14.5. The molecule has 2 saturated carbocycles. The average Bonchev–Trinajstić information content (AvgIpc) is 3.08. The number of allylic oxidation sites excluding steroid dienone is 2. The smallest absolute Gasteiger partial charge is 0.226 e. The van der Waals surface area contributed by atoms with Crippen LogP contribution in [0.1, 0.15) is 106 Å². The number of fused-ring (bicyclic) bond motifs is 5. The molecule has 176 valence electrons. The minimum absolute atomic E-state index is 0.210. The zero-order chi connectivity index (χ0) is 22.6. The molecule has 1 aliphatic heterocycles. The van der Waals surface area contributed by atoms with Gasteiger partial charge in [-0.05, 0) is 85.4 Å². The van der Waals surface area contributed by atoms with Gasteiger partial charge in [-0.15, -0.1) is 0 Å². The molecule has 0 aromatic carbocycles. The van der Waals surface area contributed by atoms with Gasteiger partial charge in [0.2, 0.25) is 5.91 Å². The number of rotatable bonds is 6. The minimum Gasteiger partial charge on any atom is -0.319 e. The third-order valence-corrected chi connectivity index (χ3v) is 10.9. The van der Waals surface area contributed by atoms with Gasteiger partial charge >= 0.3 is 0 Å². The maximum absolute atomic E-state index is 12.5. The maximum Gasteiger partial charge on any atom is 0.226 e. The molecule has 1 amide bonds. The molecular weight excluding hydrogens is 378 g/mol. The zero-order valence-corrected chi connectivity index (χ0v) is 21.5. The van der Waals surface area contributed by atoms with Crippen LogP contribution >= 0.6 is 0 Å². The number of hydrogen-bond acceptors (Lipinski definition) is 1. The van der Waals surface area contributed by atoms with Crippen molar-refractivity contribution in [1.29, 1.82) is 0 Å². The normalized spacial score (nSPS) is 43.4. The summed E-state index contributed by atoms with van der Waals surface area (Å²) < 4.78 is 0. The monoisotopic (exact) mass is 427 g/mol. The van der Waals surface area contributed by atoms with Gasteiger partial charge < -0.3 is 4.90 Å². The van der Waals surface area contributed by atoms with Crippen molar-refractivity contribution in [2.75, 3.05) is 7.05 Å². The van der Waals surface area contributed by atoms with E-state index in [1.807, 2.05) is 11.9 Å². The van der Waals surface area contributed by atoms with Crippen molar-refractivity contribution in [3.63, 3.8) is 0 Å². The Morgan fingerprint density at radius 1 is 1.06 bits per heavy atom. The van der Waals surface area contributed by atoms with Gasteiger partial charge in [-0.3, -0.25) is 4.79 Å². The van der Waals surface area contributed by atoms with Crippen LogP contribution in [0.4, 0.5) is 0 Å². The Balaban J connectivity index is 1.60. The van der Waals surface area contributed by atoms with E-state index in [0.29, 0.717) is 17.2 Å². The molecule has 1 saturated heterocycles. The SMILES string of the molecule is CCC1C=C2N(C)C(=O)CC[C@]2(C)[C@H]2CC[C@]3(C)[C@@H]([C@H](C)CCCC(C)C)CC[C@H]3[C@H]12. The maximum atomic E-state index is 12.5. The van der Waals surface area contributed by atoms with Gasteiger partial charge in [0.1, 0.15) is 0 Å². The summed E-state index contributed by atoms with van der Waals surface area (Å²) in [6.07, 6.45) is 15.5. The predicted molar refractivity (Wildman–Crippen MR) is 130 cm³/mol. The van der Waals surface area contributed by atoms with E-state index in [2.05, 4.69) is 47.6 Å². The standard InChI is InChI=1S/C29H49NO/c1-8-21-18-25-29(6,17-15-26(31)30(25)7)24-14-16-28(5)22(12-13-23(28)27(21)24)20(4)11-9-10-19(2)3/h18-24,27H,8-17H2,1-7H3/t20-,21?,22-,23+,24+,27+,28-,29-/m1/s1. The molecule has 0 bridgehead atoms. The quantitative estimate of drug-likeness (QED) is 0.425. The molecule has 8 atom stereocenters. The fraction of sp³-hybridized carbons (Fsp3) is 0.897. The van der Waals surface area contributed by atoms with Crippen LogP contribution in [0.5, 0.6) is 0 Å². The number of nitrogens with zero attached hydrogens (tertiary/aromatic N) is 1. The number of likely N-dealkylation sites (tertiary alicyclic amines) is 1. The van der Waals surface area contributed by atoms with E-state index in [-0.39, 0.29) is 5.41 Å². The molecule has 4 rings (SSSR count).